The first-order chi connectivity index (χ1) is 6.58. The van der Waals surface area contributed by atoms with Crippen molar-refractivity contribution in [1.29, 1.82) is 0 Å². The molecule has 2 aliphatic rings. The summed E-state index contributed by atoms with van der Waals surface area (Å²) >= 11 is 0. The topological polar surface area (TPSA) is 72.9 Å². The number of nitrogens with one attached hydrogen (secondary N) is 1. The summed E-state index contributed by atoms with van der Waals surface area (Å²) in [6.07, 6.45) is -0.491. The Morgan fingerprint density at radius 3 is 2.57 bits per heavy atom. The summed E-state index contributed by atoms with van der Waals surface area (Å²) in [6.45, 7) is 0.752. The van der Waals surface area contributed by atoms with Crippen molar-refractivity contribution >= 4 is 11.8 Å². The third kappa shape index (κ3) is 1.46. The Hall–Kier alpha value is -1.14. The fraction of sp³-hybridized carbons (Fsp3) is 0.750. The first-order valence-electron chi connectivity index (χ1n) is 4.57. The molecule has 78 valence electrons. The Balaban J connectivity index is 2.08. The molecule has 6 heteroatoms. The van der Waals surface area contributed by atoms with Gasteiger partial charge in [-0.15, -0.1) is 0 Å². The van der Waals surface area contributed by atoms with Gasteiger partial charge in [0.2, 0.25) is 5.91 Å². The van der Waals surface area contributed by atoms with Crippen molar-refractivity contribution in [1.82, 2.24) is 15.3 Å². The van der Waals surface area contributed by atoms with E-state index >= 15 is 0 Å². The van der Waals surface area contributed by atoms with Crippen LogP contribution in [0.25, 0.3) is 0 Å². The van der Waals surface area contributed by atoms with Gasteiger partial charge in [0.1, 0.15) is 6.04 Å². The van der Waals surface area contributed by atoms with E-state index in [2.05, 4.69) is 5.43 Å². The van der Waals surface area contributed by atoms with Crippen molar-refractivity contribution in [2.45, 2.75) is 18.6 Å². The highest BCUT2D eigenvalue weighted by Crippen LogP contribution is 2.17. The standard InChI is InChI=1S/C8H13N3O3/c1-10-4-6(8(14)9-10)11-3-5(12)2-7(11)13/h5-6,12H,2-4H2,1H3,(H,9,14). The maximum absolute atomic E-state index is 11.4. The second kappa shape index (κ2) is 3.21. The van der Waals surface area contributed by atoms with Crippen LogP contribution < -0.4 is 5.43 Å². The summed E-state index contributed by atoms with van der Waals surface area (Å²) in [7, 11) is 1.74. The molecule has 2 unspecified atom stereocenters. The molecule has 2 atom stereocenters. The first kappa shape index (κ1) is 9.42. The lowest BCUT2D eigenvalue weighted by molar-refractivity contribution is -0.135. The summed E-state index contributed by atoms with van der Waals surface area (Å²) in [6, 6.07) is -0.440. The zero-order valence-electron chi connectivity index (χ0n) is 7.93. The zero-order chi connectivity index (χ0) is 10.3. The third-order valence-corrected chi connectivity index (χ3v) is 2.56. The number of hydrazine groups is 1. The molecule has 0 aliphatic carbocycles. The second-order valence-electron chi connectivity index (χ2n) is 3.78. The van der Waals surface area contributed by atoms with Crippen molar-refractivity contribution in [2.75, 3.05) is 20.1 Å². The lowest BCUT2D eigenvalue weighted by Gasteiger charge is -2.20. The van der Waals surface area contributed by atoms with Crippen LogP contribution in [0.2, 0.25) is 0 Å². The number of likely N-dealkylation sites (N-methyl/N-ethyl adjacent to an activating group) is 1. The van der Waals surface area contributed by atoms with Gasteiger partial charge in [0.25, 0.3) is 5.91 Å². The van der Waals surface area contributed by atoms with Crippen molar-refractivity contribution in [3.05, 3.63) is 0 Å². The number of nitrogens with zero attached hydrogens (tertiary/aromatic N) is 2. The number of aliphatic hydroxyl groups excluding tert-OH is 1. The molecular formula is C8H13N3O3. The van der Waals surface area contributed by atoms with Crippen LogP contribution in [0, 0.1) is 0 Å². The van der Waals surface area contributed by atoms with Crippen LogP contribution >= 0.6 is 0 Å². The maximum Gasteiger partial charge on any atom is 0.258 e. The van der Waals surface area contributed by atoms with E-state index in [9.17, 15) is 14.7 Å². The molecule has 2 rings (SSSR count). The van der Waals surface area contributed by atoms with E-state index in [4.69, 9.17) is 0 Å². The average Bonchev–Trinajstić information content (AvgIpc) is 2.55. The van der Waals surface area contributed by atoms with E-state index in [1.54, 1.807) is 12.1 Å². The van der Waals surface area contributed by atoms with Gasteiger partial charge < -0.3 is 10.0 Å². The highest BCUT2D eigenvalue weighted by molar-refractivity contribution is 5.90. The summed E-state index contributed by atoms with van der Waals surface area (Å²) in [5.41, 5.74) is 2.60. The first-order valence-corrected chi connectivity index (χ1v) is 4.57. The molecule has 14 heavy (non-hydrogen) atoms. The molecule has 0 aromatic rings. The second-order valence-corrected chi connectivity index (χ2v) is 3.78. The number of carbonyl (C=O) groups excluding carboxylic acids is 2. The minimum Gasteiger partial charge on any atom is -0.391 e. The number of β-amino-alcohol motifs (C(OH)–C–C–N with tert-alkyl or cyclic N) is 1. The minimum absolute atomic E-state index is 0.132. The quantitative estimate of drug-likeness (QED) is 0.508. The highest BCUT2D eigenvalue weighted by atomic mass is 16.3. The molecule has 2 heterocycles. The number of aliphatic hydroxyl groups is 1. The Bertz CT molecular complexity index is 253. The smallest absolute Gasteiger partial charge is 0.258 e. The summed E-state index contributed by atoms with van der Waals surface area (Å²) in [4.78, 5) is 24.2. The predicted molar refractivity (Wildman–Crippen MR) is 46.9 cm³/mol. The van der Waals surface area contributed by atoms with Crippen LogP contribution in [-0.2, 0) is 9.59 Å². The molecule has 2 N–H and O–H groups in total. The van der Waals surface area contributed by atoms with E-state index in [1.807, 2.05) is 0 Å². The van der Waals surface area contributed by atoms with Crippen LogP contribution in [0.1, 0.15) is 6.42 Å². The lowest BCUT2D eigenvalue weighted by Crippen LogP contribution is -2.43. The third-order valence-electron chi connectivity index (χ3n) is 2.56. The van der Waals surface area contributed by atoms with Crippen molar-refractivity contribution in [3.8, 4) is 0 Å². The Labute approximate surface area is 81.4 Å². The number of amides is 2. The fourth-order valence-corrected chi connectivity index (χ4v) is 1.90. The normalized spacial score (nSPS) is 34.0. The van der Waals surface area contributed by atoms with E-state index < -0.39 is 12.1 Å². The van der Waals surface area contributed by atoms with Crippen molar-refractivity contribution in [2.24, 2.45) is 0 Å². The monoisotopic (exact) mass is 199 g/mol. The highest BCUT2D eigenvalue weighted by Gasteiger charge is 2.40. The van der Waals surface area contributed by atoms with Gasteiger partial charge in [-0.05, 0) is 0 Å². The minimum atomic E-state index is -0.624. The van der Waals surface area contributed by atoms with Crippen LogP contribution in [0.4, 0.5) is 0 Å². The van der Waals surface area contributed by atoms with Gasteiger partial charge >= 0.3 is 0 Å². The van der Waals surface area contributed by atoms with Gasteiger partial charge in [0.05, 0.1) is 12.5 Å². The van der Waals surface area contributed by atoms with Gasteiger partial charge in [0, 0.05) is 20.1 Å². The van der Waals surface area contributed by atoms with Crippen LogP contribution in [-0.4, -0.2) is 59.1 Å². The molecule has 2 fully saturated rings. The van der Waals surface area contributed by atoms with E-state index in [1.165, 1.54) is 4.90 Å². The fourth-order valence-electron chi connectivity index (χ4n) is 1.90. The van der Waals surface area contributed by atoms with Crippen LogP contribution in [0.15, 0.2) is 0 Å². The maximum atomic E-state index is 11.4. The van der Waals surface area contributed by atoms with Gasteiger partial charge in [-0.2, -0.15) is 0 Å². The SMILES string of the molecule is CN1CC(N2CC(O)CC2=O)C(=O)N1. The van der Waals surface area contributed by atoms with Gasteiger partial charge in [-0.3, -0.25) is 15.0 Å². The van der Waals surface area contributed by atoms with Crippen molar-refractivity contribution < 1.29 is 14.7 Å². The Morgan fingerprint density at radius 1 is 1.43 bits per heavy atom. The number of hydrogen-bond acceptors (Lipinski definition) is 4. The number of likely N-dealkylation sites (tertiary alicyclic amines) is 1. The molecule has 0 aromatic carbocycles. The van der Waals surface area contributed by atoms with E-state index in [-0.39, 0.29) is 24.8 Å². The summed E-state index contributed by atoms with van der Waals surface area (Å²) in [5.74, 6) is -0.317. The summed E-state index contributed by atoms with van der Waals surface area (Å²) in [5, 5.41) is 10.9. The van der Waals surface area contributed by atoms with E-state index in [0.717, 1.165) is 0 Å². The molecule has 0 spiro atoms. The molecule has 2 aliphatic heterocycles. The van der Waals surface area contributed by atoms with E-state index in [0.29, 0.717) is 6.54 Å². The largest absolute Gasteiger partial charge is 0.391 e. The number of hydrogen-bond donors (Lipinski definition) is 2. The summed E-state index contributed by atoms with van der Waals surface area (Å²) < 4.78 is 0. The molecule has 0 radical (unpaired) electrons. The van der Waals surface area contributed by atoms with Crippen molar-refractivity contribution in [3.63, 3.8) is 0 Å². The lowest BCUT2D eigenvalue weighted by atomic mass is 10.2. The Kier molecular flexibility index (Phi) is 2.16. The van der Waals surface area contributed by atoms with Gasteiger partial charge in [-0.25, -0.2) is 5.01 Å². The van der Waals surface area contributed by atoms with Crippen LogP contribution in [0.5, 0.6) is 0 Å². The molecule has 0 bridgehead atoms. The average molecular weight is 199 g/mol. The number of rotatable bonds is 1. The molecule has 6 nitrogen and oxygen atoms in total. The van der Waals surface area contributed by atoms with Gasteiger partial charge in [-0.1, -0.05) is 0 Å². The predicted octanol–water partition coefficient (Wildman–Crippen LogP) is -2.08. The molecule has 2 amide bonds. The molecule has 0 saturated carbocycles. The molecular weight excluding hydrogens is 186 g/mol. The van der Waals surface area contributed by atoms with Crippen LogP contribution in [0.3, 0.4) is 0 Å². The zero-order valence-corrected chi connectivity index (χ0v) is 7.93. The molecule has 2 saturated heterocycles. The molecule has 0 aromatic heterocycles. The Morgan fingerprint density at radius 2 is 2.14 bits per heavy atom. The number of carbonyl (C=O) groups is 2. The van der Waals surface area contributed by atoms with Gasteiger partial charge in [0.15, 0.2) is 0 Å².